The number of carbonyl (C=O) groups is 1. The molecule has 0 aliphatic carbocycles. The molecule has 4 aliphatic heterocycles. The maximum Gasteiger partial charge on any atom is 0.330 e. The summed E-state index contributed by atoms with van der Waals surface area (Å²) in [4.78, 5) is 18.4. The lowest BCUT2D eigenvalue weighted by molar-refractivity contribution is -0.180. The molecule has 10 nitrogen and oxygen atoms in total. The average molecular weight is 851 g/mol. The van der Waals surface area contributed by atoms with Gasteiger partial charge < -0.3 is 38.6 Å². The average Bonchev–Trinajstić information content (AvgIpc) is 3.71. The molecule has 0 unspecified atom stereocenters. The molecule has 11 atom stereocenters. The van der Waals surface area contributed by atoms with Crippen molar-refractivity contribution in [1.82, 2.24) is 4.98 Å². The van der Waals surface area contributed by atoms with Crippen LogP contribution in [0.5, 0.6) is 0 Å². The van der Waals surface area contributed by atoms with Gasteiger partial charge in [-0.3, -0.25) is 0 Å². The zero-order valence-corrected chi connectivity index (χ0v) is 37.8. The van der Waals surface area contributed by atoms with Crippen LogP contribution in [0.3, 0.4) is 0 Å². The quantitative estimate of drug-likeness (QED) is 0.137. The third kappa shape index (κ3) is 10.5. The Morgan fingerprint density at radius 1 is 0.918 bits per heavy atom. The fourth-order valence-corrected chi connectivity index (χ4v) is 14.8. The summed E-state index contributed by atoms with van der Waals surface area (Å²) in [5.41, 5.74) is 8.85. The minimum Gasteiger partial charge on any atom is -0.458 e. The number of ether oxygens (including phenoxy) is 4. The van der Waals surface area contributed by atoms with Crippen LogP contribution in [0, 0.1) is 11.8 Å². The van der Waals surface area contributed by atoms with Crippen molar-refractivity contribution in [1.29, 1.82) is 0 Å². The number of benzene rings is 2. The Balaban J connectivity index is 1.22. The molecule has 3 saturated heterocycles. The predicted octanol–water partition coefficient (Wildman–Crippen LogP) is 7.91. The second-order valence-electron chi connectivity index (χ2n) is 18.8. The van der Waals surface area contributed by atoms with Gasteiger partial charge in [-0.2, -0.15) is 0 Å². The first-order valence-electron chi connectivity index (χ1n) is 22.2. The number of rotatable bonds is 7. The number of nitrogens with zero attached hydrogens (tertiary/aromatic N) is 1. The minimum atomic E-state index is -2.89. The summed E-state index contributed by atoms with van der Waals surface area (Å²) in [6, 6.07) is 21.0. The molecule has 3 N–H and O–H groups in total. The molecule has 61 heavy (non-hydrogen) atoms. The normalized spacial score (nSPS) is 32.2. The topological polar surface area (TPSA) is 136 Å². The fraction of sp³-hybridized carbons (Fsp3) is 0.520. The molecular formula is C50H66N2O8Si. The summed E-state index contributed by atoms with van der Waals surface area (Å²) in [5.74, 6) is -0.199. The van der Waals surface area contributed by atoms with Crippen molar-refractivity contribution in [2.75, 3.05) is 6.61 Å². The molecule has 0 radical (unpaired) electrons. The third-order valence-corrected chi connectivity index (χ3v) is 18.1. The second kappa shape index (κ2) is 19.6. The van der Waals surface area contributed by atoms with Crippen LogP contribution in [0.15, 0.2) is 113 Å². The summed E-state index contributed by atoms with van der Waals surface area (Å²) in [5, 5.41) is 11.9. The van der Waals surface area contributed by atoms with E-state index in [4.69, 9.17) is 38.5 Å². The molecule has 0 saturated carbocycles. The third-order valence-electron chi connectivity index (χ3n) is 13.0. The van der Waals surface area contributed by atoms with Gasteiger partial charge in [0.15, 0.2) is 0 Å². The highest BCUT2D eigenvalue weighted by molar-refractivity contribution is 6.99. The van der Waals surface area contributed by atoms with Crippen LogP contribution in [-0.2, 0) is 28.2 Å². The number of hydrogen-bond donors (Lipinski definition) is 2. The van der Waals surface area contributed by atoms with E-state index >= 15 is 0 Å². The number of hydrogen-bond acceptors (Lipinski definition) is 10. The van der Waals surface area contributed by atoms with Crippen molar-refractivity contribution in [3.05, 3.63) is 121 Å². The minimum absolute atomic E-state index is 0.109. The van der Waals surface area contributed by atoms with Crippen LogP contribution in [-0.4, -0.2) is 79.8 Å². The molecule has 2 aromatic carbocycles. The van der Waals surface area contributed by atoms with Gasteiger partial charge in [-0.15, -0.1) is 0 Å². The number of aliphatic hydroxyl groups is 1. The molecule has 328 valence electrons. The summed E-state index contributed by atoms with van der Waals surface area (Å²) >= 11 is 0. The number of oxazole rings is 1. The monoisotopic (exact) mass is 850 g/mol. The Bertz CT molecular complexity index is 1990. The molecule has 11 heteroatoms. The SMILES string of the molecule is C=C1C[C@@H]2C[C@@H]3C[C@@H](O[Si](c4ccccc4)(c4ccccc4)C(C)(C)C)C[C@@H](O3)c3coc(n3)/C=C/C[C@H]3O[C@@H](/C(C)=C/[C@@H](N)CO)[C@H](C)[C@@H](OC(=O)/C=C\C[C@@H](C1)O2)[C@@H]3C. The van der Waals surface area contributed by atoms with E-state index in [1.807, 2.05) is 38.2 Å². The number of esters is 1. The highest BCUT2D eigenvalue weighted by atomic mass is 28.4. The van der Waals surface area contributed by atoms with Gasteiger partial charge in [0.05, 0.1) is 43.2 Å². The van der Waals surface area contributed by atoms with Crippen LogP contribution >= 0.6 is 0 Å². The van der Waals surface area contributed by atoms with Gasteiger partial charge in [0.2, 0.25) is 5.89 Å². The van der Waals surface area contributed by atoms with E-state index < -0.39 is 26.4 Å². The molecule has 3 aromatic rings. The Hall–Kier alpha value is -3.94. The van der Waals surface area contributed by atoms with Gasteiger partial charge in [-0.25, -0.2) is 9.78 Å². The highest BCUT2D eigenvalue weighted by Crippen LogP contribution is 2.43. The molecule has 8 bridgehead atoms. The maximum atomic E-state index is 13.5. The van der Waals surface area contributed by atoms with Gasteiger partial charge in [-0.1, -0.05) is 126 Å². The Morgan fingerprint density at radius 2 is 1.59 bits per heavy atom. The number of nitrogens with two attached hydrogens (primary N) is 1. The van der Waals surface area contributed by atoms with Crippen LogP contribution in [0.1, 0.15) is 104 Å². The van der Waals surface area contributed by atoms with Gasteiger partial charge in [0.25, 0.3) is 8.32 Å². The first-order chi connectivity index (χ1) is 29.2. The number of aliphatic hydroxyl groups excluding tert-OH is 1. The lowest BCUT2D eigenvalue weighted by Gasteiger charge is -2.47. The largest absolute Gasteiger partial charge is 0.458 e. The van der Waals surface area contributed by atoms with Crippen LogP contribution in [0.2, 0.25) is 5.04 Å². The van der Waals surface area contributed by atoms with Gasteiger partial charge in [-0.05, 0) is 66.1 Å². The van der Waals surface area contributed by atoms with Gasteiger partial charge in [0, 0.05) is 36.8 Å². The second-order valence-corrected chi connectivity index (χ2v) is 23.0. The van der Waals surface area contributed by atoms with E-state index in [1.165, 1.54) is 16.4 Å². The van der Waals surface area contributed by atoms with Crippen LogP contribution in [0.4, 0.5) is 0 Å². The molecule has 3 fully saturated rings. The Labute approximate surface area is 363 Å². The van der Waals surface area contributed by atoms with E-state index in [0.29, 0.717) is 38.0 Å². The zero-order valence-electron chi connectivity index (χ0n) is 36.8. The van der Waals surface area contributed by atoms with Crippen LogP contribution in [0.25, 0.3) is 6.08 Å². The van der Waals surface area contributed by atoms with Crippen molar-refractivity contribution in [3.8, 4) is 0 Å². The predicted molar refractivity (Wildman–Crippen MR) is 241 cm³/mol. The van der Waals surface area contributed by atoms with E-state index in [9.17, 15) is 9.90 Å². The maximum absolute atomic E-state index is 13.5. The molecule has 1 aromatic heterocycles. The standard InChI is InChI=1S/C50H66N2O8Si/c1-32-24-37-16-14-23-47(54)59-49-34(3)44(58-48(35(49)4)33(2)26-36(51)30-53)21-15-22-46-52-43(31-55-46)45-29-40(28-39(57-45)27-38(25-32)56-37)60-61(50(5,6)7,41-17-10-8-11-18-41)42-19-12-9-13-20-42/h8-15,17-20,22-23,26,31,34-40,44-45,48-49,53H,1,16,21,24-25,27-30,51H2,2-7H3/b22-15+,23-14-,33-26+/t34-,35+,36-,37+,38-,39-,40-,44-,45-,48+,49+/m1/s1. The molecule has 4 aliphatic rings. The van der Waals surface area contributed by atoms with Crippen molar-refractivity contribution in [3.63, 3.8) is 0 Å². The first-order valence-corrected chi connectivity index (χ1v) is 24.1. The summed E-state index contributed by atoms with van der Waals surface area (Å²) < 4.78 is 40.5. The number of aromatic nitrogens is 1. The number of fused-ring (bicyclic) bond motifs is 9. The lowest BCUT2D eigenvalue weighted by Crippen LogP contribution is -2.68. The van der Waals surface area contributed by atoms with Gasteiger partial charge >= 0.3 is 5.97 Å². The summed E-state index contributed by atoms with van der Waals surface area (Å²) in [6.45, 7) is 17.2. The van der Waals surface area contributed by atoms with Crippen molar-refractivity contribution >= 4 is 30.7 Å². The van der Waals surface area contributed by atoms with Crippen molar-refractivity contribution in [2.45, 2.75) is 146 Å². The van der Waals surface area contributed by atoms with E-state index in [2.05, 4.69) is 94.9 Å². The van der Waals surface area contributed by atoms with Crippen molar-refractivity contribution < 1.29 is 37.7 Å². The zero-order chi connectivity index (χ0) is 43.3. The fourth-order valence-electron chi connectivity index (χ4n) is 10.1. The Kier molecular flexibility index (Phi) is 14.5. The summed E-state index contributed by atoms with van der Waals surface area (Å²) in [6.07, 6.45) is 13.4. The molecule has 7 rings (SSSR count). The smallest absolute Gasteiger partial charge is 0.330 e. The van der Waals surface area contributed by atoms with E-state index in [0.717, 1.165) is 29.7 Å². The van der Waals surface area contributed by atoms with E-state index in [1.54, 1.807) is 6.26 Å². The van der Waals surface area contributed by atoms with Gasteiger partial charge in [0.1, 0.15) is 24.2 Å². The Morgan fingerprint density at radius 3 is 2.26 bits per heavy atom. The highest BCUT2D eigenvalue weighted by Gasteiger charge is 2.52. The van der Waals surface area contributed by atoms with E-state index in [-0.39, 0.29) is 66.2 Å². The molecular weight excluding hydrogens is 785 g/mol. The van der Waals surface area contributed by atoms with Crippen LogP contribution < -0.4 is 16.1 Å². The first kappa shape index (κ1) is 45.1. The van der Waals surface area contributed by atoms with Crippen molar-refractivity contribution in [2.24, 2.45) is 17.6 Å². The molecule has 5 heterocycles. The summed E-state index contributed by atoms with van der Waals surface area (Å²) in [7, 11) is -2.89. The molecule has 0 spiro atoms. The number of carbonyl (C=O) groups excluding carboxylic acids is 1. The lowest BCUT2D eigenvalue weighted by atomic mass is 9.79. The molecule has 0 amide bonds.